The molecule has 13 heavy (non-hydrogen) atoms. The summed E-state index contributed by atoms with van der Waals surface area (Å²) in [5, 5.41) is 23.9. The molecule has 0 aliphatic rings. The monoisotopic (exact) mass is 366 g/mol. The van der Waals surface area contributed by atoms with Gasteiger partial charge in [-0.15, -0.1) is 0 Å². The van der Waals surface area contributed by atoms with Crippen LogP contribution in [-0.2, 0) is 42.6 Å². The molecular weight excluding hydrogens is 356 g/mol. The standard InChI is InChI=1S/C3H7N3O2.CHO2.2Ru/c4-3(5)6-1-2(7)8;2-1-3;;/h1H2,(H,7,8)(H4,4,5,6);(H,2,3);;. The number of carbonyl (C=O) groups is 2. The average molecular weight is 364 g/mol. The number of guanidine groups is 1. The minimum atomic E-state index is -1.03. The maximum absolute atomic E-state index is 9.69. The van der Waals surface area contributed by atoms with E-state index in [1.165, 1.54) is 18.3 Å². The van der Waals surface area contributed by atoms with E-state index in [4.69, 9.17) is 26.2 Å². The van der Waals surface area contributed by atoms with Gasteiger partial charge in [0.15, 0.2) is 5.96 Å². The molecule has 0 atom stereocenters. The second kappa shape index (κ2) is 11.5. The second-order valence-electron chi connectivity index (χ2n) is 1.40. The number of nitrogens with two attached hydrogens (primary N) is 1. The zero-order valence-corrected chi connectivity index (χ0v) is 9.68. The zero-order chi connectivity index (χ0) is 10.1. The Labute approximate surface area is 97.0 Å². The number of carboxylic acids is 1. The van der Waals surface area contributed by atoms with Gasteiger partial charge in [-0.25, -0.2) is 0 Å². The molecular formula is C4H8N3O4Ru2. The molecule has 0 fully saturated rings. The Kier molecular flexibility index (Phi) is 16.1. The van der Waals surface area contributed by atoms with Crippen LogP contribution in [0.5, 0.6) is 0 Å². The molecule has 0 aromatic carbocycles. The van der Waals surface area contributed by atoms with Crippen LogP contribution in [0, 0.1) is 5.41 Å². The minimum absolute atomic E-state index is 0. The van der Waals surface area contributed by atoms with Crippen molar-refractivity contribution in [2.45, 2.75) is 0 Å². The van der Waals surface area contributed by atoms with Gasteiger partial charge < -0.3 is 16.2 Å². The Morgan fingerprint density at radius 1 is 1.46 bits per heavy atom. The van der Waals surface area contributed by atoms with Crippen LogP contribution >= 0.6 is 0 Å². The van der Waals surface area contributed by atoms with Crippen LogP contribution in [0.15, 0.2) is 0 Å². The van der Waals surface area contributed by atoms with E-state index in [0.717, 1.165) is 0 Å². The first-order valence-corrected chi connectivity index (χ1v) is 3.40. The van der Waals surface area contributed by atoms with Gasteiger partial charge in [0.1, 0.15) is 6.54 Å². The summed E-state index contributed by atoms with van der Waals surface area (Å²) >= 11 is 1.50. The van der Waals surface area contributed by atoms with Gasteiger partial charge in [-0.05, 0) is 0 Å². The summed E-state index contributed by atoms with van der Waals surface area (Å²) in [6.07, 6.45) is 0. The molecule has 0 aliphatic carbocycles. The molecule has 0 aromatic rings. The predicted octanol–water partition coefficient (Wildman–Crippen LogP) is -1.24. The van der Waals surface area contributed by atoms with Gasteiger partial charge in [-0.3, -0.25) is 10.2 Å². The maximum atomic E-state index is 9.69. The van der Waals surface area contributed by atoms with Gasteiger partial charge in [-0.1, -0.05) is 0 Å². The number of hydrogen-bond acceptors (Lipinski definition) is 3. The van der Waals surface area contributed by atoms with Crippen molar-refractivity contribution in [2.24, 2.45) is 5.73 Å². The smallest absolute Gasteiger partial charge is 0 e. The Morgan fingerprint density at radius 2 is 1.77 bits per heavy atom. The van der Waals surface area contributed by atoms with Gasteiger partial charge in [0.05, 0.1) is 0 Å². The van der Waals surface area contributed by atoms with Crippen molar-refractivity contribution in [3.63, 3.8) is 0 Å². The SMILES string of the molecule is N=C(N)NCC(=O)O.O=[C](O)[Ru].[Ru]. The van der Waals surface area contributed by atoms with Crippen LogP contribution in [0.25, 0.3) is 0 Å². The topological polar surface area (TPSA) is 136 Å². The van der Waals surface area contributed by atoms with Crippen LogP contribution in [0.2, 0.25) is 0 Å². The average Bonchev–Trinajstić information content (AvgIpc) is 1.82. The summed E-state index contributed by atoms with van der Waals surface area (Å²) in [7, 11) is 0. The third kappa shape index (κ3) is 51.6. The molecule has 0 saturated heterocycles. The van der Waals surface area contributed by atoms with Crippen molar-refractivity contribution in [3.05, 3.63) is 0 Å². The van der Waals surface area contributed by atoms with Crippen molar-refractivity contribution in [1.82, 2.24) is 5.32 Å². The molecule has 79 valence electrons. The molecule has 0 spiro atoms. The van der Waals surface area contributed by atoms with E-state index in [0.29, 0.717) is 0 Å². The van der Waals surface area contributed by atoms with E-state index >= 15 is 0 Å². The summed E-state index contributed by atoms with van der Waals surface area (Å²) in [4.78, 5) is 18.7. The molecule has 9 heteroatoms. The van der Waals surface area contributed by atoms with Crippen LogP contribution in [0.4, 0.5) is 4.79 Å². The van der Waals surface area contributed by atoms with E-state index in [9.17, 15) is 4.79 Å². The molecule has 0 radical (unpaired) electrons. The number of hydrogen-bond donors (Lipinski definition) is 5. The predicted molar refractivity (Wildman–Crippen MR) is 35.6 cm³/mol. The Hall–Kier alpha value is -0.543. The van der Waals surface area contributed by atoms with Crippen molar-refractivity contribution < 1.29 is 57.6 Å². The van der Waals surface area contributed by atoms with Crippen LogP contribution in [0.1, 0.15) is 0 Å². The molecule has 0 bridgehead atoms. The van der Waals surface area contributed by atoms with E-state index in [1.807, 2.05) is 0 Å². The molecule has 0 rings (SSSR count). The van der Waals surface area contributed by atoms with Crippen molar-refractivity contribution >= 4 is 16.5 Å². The molecule has 0 aliphatic heterocycles. The molecule has 0 aromatic heterocycles. The van der Waals surface area contributed by atoms with Gasteiger partial charge in [-0.2, -0.15) is 0 Å². The fourth-order valence-electron chi connectivity index (χ4n) is 0.171. The fraction of sp³-hybridized carbons (Fsp3) is 0.250. The third-order valence-corrected chi connectivity index (χ3v) is 0.430. The van der Waals surface area contributed by atoms with Crippen LogP contribution in [-0.4, -0.2) is 33.3 Å². The van der Waals surface area contributed by atoms with Crippen molar-refractivity contribution in [1.29, 1.82) is 5.41 Å². The normalized spacial score (nSPS) is 6.85. The van der Waals surface area contributed by atoms with Gasteiger partial charge >= 0.3 is 38.7 Å². The summed E-state index contributed by atoms with van der Waals surface area (Å²) in [5.41, 5.74) is 4.75. The van der Waals surface area contributed by atoms with Crippen LogP contribution < -0.4 is 11.1 Å². The summed E-state index contributed by atoms with van der Waals surface area (Å²) in [6, 6.07) is 0. The van der Waals surface area contributed by atoms with E-state index in [-0.39, 0.29) is 32.0 Å². The Morgan fingerprint density at radius 3 is 1.85 bits per heavy atom. The quantitative estimate of drug-likeness (QED) is 0.236. The number of nitrogens with one attached hydrogen (secondary N) is 2. The molecule has 6 N–H and O–H groups in total. The Bertz CT molecular complexity index is 168. The third-order valence-electron chi connectivity index (χ3n) is 0.430. The van der Waals surface area contributed by atoms with Crippen molar-refractivity contribution in [3.8, 4) is 0 Å². The molecule has 0 unspecified atom stereocenters. The molecule has 0 amide bonds. The van der Waals surface area contributed by atoms with E-state index < -0.39 is 10.5 Å². The van der Waals surface area contributed by atoms with E-state index in [2.05, 4.69) is 5.32 Å². The molecule has 0 saturated carbocycles. The van der Waals surface area contributed by atoms with Gasteiger partial charge in [0, 0.05) is 19.5 Å². The van der Waals surface area contributed by atoms with Crippen LogP contribution in [0.3, 0.4) is 0 Å². The van der Waals surface area contributed by atoms with Gasteiger partial charge in [0.25, 0.3) is 0 Å². The first kappa shape index (κ1) is 18.3. The first-order valence-electron chi connectivity index (χ1n) is 2.53. The van der Waals surface area contributed by atoms with Gasteiger partial charge in [0.2, 0.25) is 0 Å². The maximum Gasteiger partial charge on any atom is 0 e. The fourth-order valence-corrected chi connectivity index (χ4v) is 0.171. The summed E-state index contributed by atoms with van der Waals surface area (Å²) < 4.78 is -0.903. The molecule has 7 nitrogen and oxygen atoms in total. The largest absolute Gasteiger partial charge is 0 e. The second-order valence-corrected chi connectivity index (χ2v) is 2.15. The number of carboxylic acid groups (broad SMARTS) is 2. The van der Waals surface area contributed by atoms with Crippen molar-refractivity contribution in [2.75, 3.05) is 6.54 Å². The zero-order valence-electron chi connectivity index (χ0n) is 6.20. The first-order chi connectivity index (χ1) is 5.36. The molecule has 0 heterocycles. The van der Waals surface area contributed by atoms with E-state index in [1.54, 1.807) is 0 Å². The number of aliphatic carboxylic acids is 1. The summed E-state index contributed by atoms with van der Waals surface area (Å²) in [6.45, 7) is -0.296. The number of rotatable bonds is 2. The minimum Gasteiger partial charge on any atom is 0 e. The Balaban J connectivity index is -0.000000173. The summed E-state index contributed by atoms with van der Waals surface area (Å²) in [5.74, 6) is -1.35.